The summed E-state index contributed by atoms with van der Waals surface area (Å²) in [7, 11) is 0. The maximum absolute atomic E-state index is 13.8. The molecule has 26 heavy (non-hydrogen) atoms. The SMILES string of the molecule is CSc1ccc(C=CC(=O)Nc2nc(-c3cc(F)ccc3F)cs2)cc1. The van der Waals surface area contributed by atoms with Gasteiger partial charge in [-0.2, -0.15) is 0 Å². The van der Waals surface area contributed by atoms with Crippen LogP contribution in [0.1, 0.15) is 5.56 Å². The van der Waals surface area contributed by atoms with Gasteiger partial charge in [0.2, 0.25) is 5.91 Å². The summed E-state index contributed by atoms with van der Waals surface area (Å²) in [5.74, 6) is -1.46. The molecular formula is C19H14F2N2OS2. The summed E-state index contributed by atoms with van der Waals surface area (Å²) in [4.78, 5) is 17.3. The summed E-state index contributed by atoms with van der Waals surface area (Å²) < 4.78 is 27.1. The number of halogens is 2. The van der Waals surface area contributed by atoms with Crippen molar-refractivity contribution < 1.29 is 13.6 Å². The second-order valence-electron chi connectivity index (χ2n) is 5.26. The molecule has 0 saturated heterocycles. The largest absolute Gasteiger partial charge is 0.298 e. The van der Waals surface area contributed by atoms with Crippen molar-refractivity contribution in [2.45, 2.75) is 4.90 Å². The smallest absolute Gasteiger partial charge is 0.250 e. The van der Waals surface area contributed by atoms with Crippen molar-refractivity contribution in [2.24, 2.45) is 0 Å². The van der Waals surface area contributed by atoms with Crippen LogP contribution in [0.5, 0.6) is 0 Å². The summed E-state index contributed by atoms with van der Waals surface area (Å²) in [6.45, 7) is 0. The molecule has 0 fully saturated rings. The zero-order chi connectivity index (χ0) is 18.5. The topological polar surface area (TPSA) is 42.0 Å². The number of anilines is 1. The van der Waals surface area contributed by atoms with Gasteiger partial charge in [0.15, 0.2) is 5.13 Å². The molecule has 0 spiro atoms. The standard InChI is InChI=1S/C19H14F2N2OS2/c1-25-14-6-2-12(3-7-14)4-9-18(24)23-19-22-17(11-26-19)15-10-13(20)5-8-16(15)21/h2-11H,1H3,(H,22,23,24). The van der Waals surface area contributed by atoms with Crippen molar-refractivity contribution in [2.75, 3.05) is 11.6 Å². The number of hydrogen-bond acceptors (Lipinski definition) is 4. The third kappa shape index (κ3) is 4.56. The third-order valence-corrected chi connectivity index (χ3v) is 4.98. The summed E-state index contributed by atoms with van der Waals surface area (Å²) in [6, 6.07) is 11.0. The van der Waals surface area contributed by atoms with Crippen LogP contribution in [0.15, 0.2) is 58.8 Å². The van der Waals surface area contributed by atoms with E-state index in [4.69, 9.17) is 0 Å². The van der Waals surface area contributed by atoms with E-state index < -0.39 is 11.6 Å². The van der Waals surface area contributed by atoms with Gasteiger partial charge >= 0.3 is 0 Å². The second kappa shape index (κ2) is 8.25. The van der Waals surface area contributed by atoms with Gasteiger partial charge in [-0.25, -0.2) is 13.8 Å². The Morgan fingerprint density at radius 1 is 1.19 bits per heavy atom. The Balaban J connectivity index is 1.67. The van der Waals surface area contributed by atoms with Crippen LogP contribution < -0.4 is 5.32 Å². The lowest BCUT2D eigenvalue weighted by atomic mass is 10.1. The molecular weight excluding hydrogens is 374 g/mol. The lowest BCUT2D eigenvalue weighted by molar-refractivity contribution is -0.111. The van der Waals surface area contributed by atoms with Crippen LogP contribution in [0.3, 0.4) is 0 Å². The van der Waals surface area contributed by atoms with Crippen LogP contribution in [0.2, 0.25) is 0 Å². The number of carbonyl (C=O) groups is 1. The fraction of sp³-hybridized carbons (Fsp3) is 0.0526. The van der Waals surface area contributed by atoms with E-state index in [2.05, 4.69) is 10.3 Å². The molecule has 0 aliphatic rings. The molecule has 1 N–H and O–H groups in total. The van der Waals surface area contributed by atoms with Gasteiger partial charge in [-0.05, 0) is 48.2 Å². The van der Waals surface area contributed by atoms with Crippen LogP contribution in [0, 0.1) is 11.6 Å². The van der Waals surface area contributed by atoms with Gasteiger partial charge < -0.3 is 0 Å². The predicted octanol–water partition coefficient (Wildman–Crippen LogP) is 5.46. The Kier molecular flexibility index (Phi) is 5.80. The number of thiazole rings is 1. The molecule has 7 heteroatoms. The number of carbonyl (C=O) groups excluding carboxylic acids is 1. The molecule has 3 aromatic rings. The average molecular weight is 388 g/mol. The maximum Gasteiger partial charge on any atom is 0.250 e. The molecule has 3 nitrogen and oxygen atoms in total. The summed E-state index contributed by atoms with van der Waals surface area (Å²) >= 11 is 2.79. The van der Waals surface area contributed by atoms with Gasteiger partial charge in [-0.3, -0.25) is 10.1 Å². The molecule has 0 bridgehead atoms. The van der Waals surface area contributed by atoms with Crippen LogP contribution in [0.25, 0.3) is 17.3 Å². The molecule has 2 aromatic carbocycles. The normalized spacial score (nSPS) is 11.0. The Bertz CT molecular complexity index is 952. The van der Waals surface area contributed by atoms with Gasteiger partial charge in [-0.1, -0.05) is 12.1 Å². The molecule has 0 saturated carbocycles. The van der Waals surface area contributed by atoms with Gasteiger partial charge in [0.25, 0.3) is 0 Å². The molecule has 132 valence electrons. The second-order valence-corrected chi connectivity index (χ2v) is 7.00. The van der Waals surface area contributed by atoms with Gasteiger partial charge in [0.1, 0.15) is 11.6 Å². The van der Waals surface area contributed by atoms with E-state index in [9.17, 15) is 13.6 Å². The van der Waals surface area contributed by atoms with Crippen molar-refractivity contribution in [3.63, 3.8) is 0 Å². The number of benzene rings is 2. The van der Waals surface area contributed by atoms with Crippen LogP contribution >= 0.6 is 23.1 Å². The van der Waals surface area contributed by atoms with Crippen LogP contribution in [-0.2, 0) is 4.79 Å². The lowest BCUT2D eigenvalue weighted by Gasteiger charge is -2.00. The first-order chi connectivity index (χ1) is 12.5. The molecule has 0 atom stereocenters. The summed E-state index contributed by atoms with van der Waals surface area (Å²) in [5.41, 5.74) is 1.24. The molecule has 1 amide bonds. The first-order valence-electron chi connectivity index (χ1n) is 7.59. The minimum atomic E-state index is -0.567. The molecule has 0 unspecified atom stereocenters. The Labute approximate surface area is 157 Å². The highest BCUT2D eigenvalue weighted by Gasteiger charge is 2.11. The minimum Gasteiger partial charge on any atom is -0.298 e. The van der Waals surface area contributed by atoms with Gasteiger partial charge in [-0.15, -0.1) is 23.1 Å². The van der Waals surface area contributed by atoms with E-state index in [1.54, 1.807) is 23.2 Å². The molecule has 0 aliphatic heterocycles. The van der Waals surface area contributed by atoms with Crippen molar-refractivity contribution in [3.8, 4) is 11.3 Å². The molecule has 3 rings (SSSR count). The fourth-order valence-electron chi connectivity index (χ4n) is 2.18. The number of rotatable bonds is 5. The van der Waals surface area contributed by atoms with Crippen molar-refractivity contribution in [1.29, 1.82) is 0 Å². The zero-order valence-corrected chi connectivity index (χ0v) is 15.3. The number of nitrogens with zero attached hydrogens (tertiary/aromatic N) is 1. The monoisotopic (exact) mass is 388 g/mol. The van der Waals surface area contributed by atoms with Gasteiger partial charge in [0.05, 0.1) is 5.69 Å². The number of nitrogens with one attached hydrogen (secondary N) is 1. The van der Waals surface area contributed by atoms with E-state index in [0.717, 1.165) is 40.0 Å². The van der Waals surface area contributed by atoms with Crippen molar-refractivity contribution in [3.05, 3.63) is 71.1 Å². The molecule has 0 radical (unpaired) electrons. The minimum absolute atomic E-state index is 0.0613. The first kappa shape index (κ1) is 18.3. The van der Waals surface area contributed by atoms with Crippen molar-refractivity contribution in [1.82, 2.24) is 4.98 Å². The lowest BCUT2D eigenvalue weighted by Crippen LogP contribution is -2.07. The van der Waals surface area contributed by atoms with E-state index in [0.29, 0.717) is 5.13 Å². The van der Waals surface area contributed by atoms with Gasteiger partial charge in [0, 0.05) is 21.9 Å². The maximum atomic E-state index is 13.8. The predicted molar refractivity (Wildman–Crippen MR) is 103 cm³/mol. The van der Waals surface area contributed by atoms with E-state index in [1.807, 2.05) is 30.5 Å². The Morgan fingerprint density at radius 2 is 1.96 bits per heavy atom. The summed E-state index contributed by atoms with van der Waals surface area (Å²) in [6.07, 6.45) is 5.09. The van der Waals surface area contributed by atoms with E-state index in [-0.39, 0.29) is 17.2 Å². The fourth-order valence-corrected chi connectivity index (χ4v) is 3.30. The van der Waals surface area contributed by atoms with Crippen LogP contribution in [0.4, 0.5) is 13.9 Å². The molecule has 0 aliphatic carbocycles. The molecule has 1 aromatic heterocycles. The first-order valence-corrected chi connectivity index (χ1v) is 9.69. The number of aromatic nitrogens is 1. The zero-order valence-electron chi connectivity index (χ0n) is 13.7. The Hall–Kier alpha value is -2.51. The van der Waals surface area contributed by atoms with Crippen LogP contribution in [-0.4, -0.2) is 17.1 Å². The highest BCUT2D eigenvalue weighted by Crippen LogP contribution is 2.27. The highest BCUT2D eigenvalue weighted by atomic mass is 32.2. The summed E-state index contributed by atoms with van der Waals surface area (Å²) in [5, 5.41) is 4.50. The highest BCUT2D eigenvalue weighted by molar-refractivity contribution is 7.98. The Morgan fingerprint density at radius 3 is 2.69 bits per heavy atom. The molecule has 1 heterocycles. The number of amides is 1. The average Bonchev–Trinajstić information content (AvgIpc) is 3.10. The van der Waals surface area contributed by atoms with Crippen molar-refractivity contribution >= 4 is 40.2 Å². The third-order valence-electron chi connectivity index (χ3n) is 3.48. The van der Waals surface area contributed by atoms with E-state index >= 15 is 0 Å². The quantitative estimate of drug-likeness (QED) is 0.466. The number of thioether (sulfide) groups is 1. The number of hydrogen-bond donors (Lipinski definition) is 1. The van der Waals surface area contributed by atoms with E-state index in [1.165, 1.54) is 6.08 Å².